The first-order valence-electron chi connectivity index (χ1n) is 4.32. The quantitative estimate of drug-likeness (QED) is 0.700. The van der Waals surface area contributed by atoms with E-state index in [1.54, 1.807) is 0 Å². The second kappa shape index (κ2) is 4.91. The molecule has 0 amide bonds. The second-order valence-corrected chi connectivity index (χ2v) is 6.07. The van der Waals surface area contributed by atoms with Crippen molar-refractivity contribution in [1.82, 2.24) is 4.72 Å². The molecular formula is C8H11NO5S2. The Morgan fingerprint density at radius 3 is 2.69 bits per heavy atom. The third kappa shape index (κ3) is 3.27. The van der Waals surface area contributed by atoms with E-state index in [0.717, 1.165) is 17.4 Å². The Hall–Kier alpha value is -0.960. The molecule has 0 radical (unpaired) electrons. The SMILES string of the molecule is C[C@H](O)CNS(=O)(=O)c1cc(C(=O)O)cs1. The summed E-state index contributed by atoms with van der Waals surface area (Å²) in [6, 6.07) is 1.08. The monoisotopic (exact) mass is 265 g/mol. The highest BCUT2D eigenvalue weighted by atomic mass is 32.2. The van der Waals surface area contributed by atoms with Crippen LogP contribution in [0.5, 0.6) is 0 Å². The highest BCUT2D eigenvalue weighted by molar-refractivity contribution is 7.91. The minimum absolute atomic E-state index is 0.0672. The van der Waals surface area contributed by atoms with Crippen LogP contribution < -0.4 is 4.72 Å². The highest BCUT2D eigenvalue weighted by Crippen LogP contribution is 2.19. The molecule has 1 aromatic rings. The number of carboxylic acids is 1. The van der Waals surface area contributed by atoms with Crippen LogP contribution in [0.25, 0.3) is 0 Å². The molecule has 0 spiro atoms. The molecule has 0 saturated heterocycles. The smallest absolute Gasteiger partial charge is 0.336 e. The number of nitrogens with one attached hydrogen (secondary N) is 1. The summed E-state index contributed by atoms with van der Waals surface area (Å²) in [4.78, 5) is 10.6. The van der Waals surface area contributed by atoms with E-state index in [4.69, 9.17) is 10.2 Å². The number of hydrogen-bond acceptors (Lipinski definition) is 5. The summed E-state index contributed by atoms with van der Waals surface area (Å²) >= 11 is 0.824. The molecule has 0 aromatic carbocycles. The number of thiophene rings is 1. The van der Waals surface area contributed by atoms with Gasteiger partial charge in [-0.15, -0.1) is 11.3 Å². The van der Waals surface area contributed by atoms with E-state index in [-0.39, 0.29) is 16.3 Å². The number of aliphatic hydroxyl groups excluding tert-OH is 1. The number of hydrogen-bond donors (Lipinski definition) is 3. The first-order valence-corrected chi connectivity index (χ1v) is 6.69. The zero-order valence-corrected chi connectivity index (χ0v) is 10.0. The fourth-order valence-corrected chi connectivity index (χ4v) is 3.19. The number of aromatic carboxylic acids is 1. The topological polar surface area (TPSA) is 104 Å². The summed E-state index contributed by atoms with van der Waals surface area (Å²) in [6.45, 7) is 1.34. The zero-order chi connectivity index (χ0) is 12.3. The standard InChI is InChI=1S/C8H11NO5S2/c1-5(10)3-9-16(13,14)7-2-6(4-15-7)8(11)12/h2,4-5,9-10H,3H2,1H3,(H,11,12)/t5-/m0/s1. The lowest BCUT2D eigenvalue weighted by molar-refractivity contribution is 0.0697. The van der Waals surface area contributed by atoms with Gasteiger partial charge >= 0.3 is 5.97 Å². The summed E-state index contributed by atoms with van der Waals surface area (Å²) in [7, 11) is -3.72. The number of sulfonamides is 1. The van der Waals surface area contributed by atoms with Gasteiger partial charge in [0.1, 0.15) is 4.21 Å². The number of rotatable bonds is 5. The normalized spacial score (nSPS) is 13.6. The summed E-state index contributed by atoms with van der Waals surface area (Å²) in [5.74, 6) is -1.17. The third-order valence-corrected chi connectivity index (χ3v) is 4.52. The Bertz CT molecular complexity index is 476. The minimum Gasteiger partial charge on any atom is -0.478 e. The second-order valence-electron chi connectivity index (χ2n) is 3.16. The van der Waals surface area contributed by atoms with Crippen molar-refractivity contribution in [1.29, 1.82) is 0 Å². The van der Waals surface area contributed by atoms with Gasteiger partial charge in [-0.2, -0.15) is 0 Å². The number of carboxylic acid groups (broad SMARTS) is 1. The van der Waals surface area contributed by atoms with E-state index < -0.39 is 22.1 Å². The maximum atomic E-state index is 11.6. The maximum Gasteiger partial charge on any atom is 0.336 e. The van der Waals surface area contributed by atoms with Crippen molar-refractivity contribution in [2.45, 2.75) is 17.2 Å². The van der Waals surface area contributed by atoms with Crippen LogP contribution in [0.3, 0.4) is 0 Å². The van der Waals surface area contributed by atoms with Crippen LogP contribution in [0.2, 0.25) is 0 Å². The molecule has 16 heavy (non-hydrogen) atoms. The lowest BCUT2D eigenvalue weighted by Crippen LogP contribution is -2.30. The molecule has 6 nitrogen and oxygen atoms in total. The average molecular weight is 265 g/mol. The summed E-state index contributed by atoms with van der Waals surface area (Å²) in [6.07, 6.45) is -0.798. The van der Waals surface area contributed by atoms with Crippen LogP contribution in [-0.2, 0) is 10.0 Å². The maximum absolute atomic E-state index is 11.6. The molecule has 0 aliphatic heterocycles. The van der Waals surface area contributed by atoms with E-state index in [0.29, 0.717) is 0 Å². The fourth-order valence-electron chi connectivity index (χ4n) is 0.871. The average Bonchev–Trinajstić information content (AvgIpc) is 2.64. The highest BCUT2D eigenvalue weighted by Gasteiger charge is 2.18. The molecule has 0 bridgehead atoms. The van der Waals surface area contributed by atoms with Gasteiger partial charge in [0.25, 0.3) is 0 Å². The molecular weight excluding hydrogens is 254 g/mol. The van der Waals surface area contributed by atoms with Gasteiger partial charge in [-0.25, -0.2) is 17.9 Å². The summed E-state index contributed by atoms with van der Waals surface area (Å²) in [5.41, 5.74) is -0.0672. The van der Waals surface area contributed by atoms with Crippen LogP contribution in [0.1, 0.15) is 17.3 Å². The fraction of sp³-hybridized carbons (Fsp3) is 0.375. The molecule has 1 aromatic heterocycles. The first kappa shape index (κ1) is 13.1. The van der Waals surface area contributed by atoms with Gasteiger partial charge in [0.05, 0.1) is 11.7 Å². The van der Waals surface area contributed by atoms with Crippen LogP contribution in [0.15, 0.2) is 15.7 Å². The van der Waals surface area contributed by atoms with Crippen molar-refractivity contribution in [3.05, 3.63) is 17.0 Å². The molecule has 0 unspecified atom stereocenters. The first-order chi connectivity index (χ1) is 7.33. The van der Waals surface area contributed by atoms with Gasteiger partial charge in [0.15, 0.2) is 0 Å². The molecule has 3 N–H and O–H groups in total. The van der Waals surface area contributed by atoms with Gasteiger partial charge in [-0.05, 0) is 13.0 Å². The third-order valence-electron chi connectivity index (χ3n) is 1.66. The van der Waals surface area contributed by atoms with Gasteiger partial charge in [-0.1, -0.05) is 0 Å². The Morgan fingerprint density at radius 2 is 2.25 bits per heavy atom. The molecule has 0 fully saturated rings. The van der Waals surface area contributed by atoms with Crippen molar-refractivity contribution in [2.75, 3.05) is 6.54 Å². The van der Waals surface area contributed by atoms with Gasteiger partial charge in [-0.3, -0.25) is 0 Å². The van der Waals surface area contributed by atoms with Gasteiger partial charge in [0.2, 0.25) is 10.0 Å². The lowest BCUT2D eigenvalue weighted by Gasteiger charge is -2.05. The summed E-state index contributed by atoms with van der Waals surface area (Å²) < 4.78 is 25.2. The Labute approximate surface area is 96.6 Å². The van der Waals surface area contributed by atoms with Crippen LogP contribution in [0.4, 0.5) is 0 Å². The lowest BCUT2D eigenvalue weighted by atomic mass is 10.4. The predicted molar refractivity (Wildman–Crippen MR) is 58.1 cm³/mol. The minimum atomic E-state index is -3.72. The van der Waals surface area contributed by atoms with Crippen molar-refractivity contribution in [3.8, 4) is 0 Å². The summed E-state index contributed by atoms with van der Waals surface area (Å²) in [5, 5.41) is 18.8. The van der Waals surface area contributed by atoms with E-state index >= 15 is 0 Å². The van der Waals surface area contributed by atoms with E-state index in [2.05, 4.69) is 4.72 Å². The Kier molecular flexibility index (Phi) is 4.03. The molecule has 0 aliphatic rings. The number of aliphatic hydroxyl groups is 1. The molecule has 1 heterocycles. The largest absolute Gasteiger partial charge is 0.478 e. The molecule has 90 valence electrons. The van der Waals surface area contributed by atoms with Crippen molar-refractivity contribution in [3.63, 3.8) is 0 Å². The van der Waals surface area contributed by atoms with Gasteiger partial charge < -0.3 is 10.2 Å². The van der Waals surface area contributed by atoms with Crippen molar-refractivity contribution in [2.24, 2.45) is 0 Å². The van der Waals surface area contributed by atoms with Crippen LogP contribution in [0, 0.1) is 0 Å². The molecule has 0 aliphatic carbocycles. The van der Waals surface area contributed by atoms with E-state index in [1.807, 2.05) is 0 Å². The van der Waals surface area contributed by atoms with E-state index in [9.17, 15) is 13.2 Å². The Morgan fingerprint density at radius 1 is 1.62 bits per heavy atom. The predicted octanol–water partition coefficient (Wildman–Crippen LogP) is 0.105. The molecule has 0 saturated carbocycles. The van der Waals surface area contributed by atoms with Crippen LogP contribution in [-0.4, -0.2) is 37.2 Å². The Balaban J connectivity index is 2.86. The van der Waals surface area contributed by atoms with Crippen LogP contribution >= 0.6 is 11.3 Å². The number of carbonyl (C=O) groups is 1. The molecule has 1 atom stereocenters. The zero-order valence-electron chi connectivity index (χ0n) is 8.37. The van der Waals surface area contributed by atoms with Crippen molar-refractivity contribution < 1.29 is 23.4 Å². The molecule has 1 rings (SSSR count). The van der Waals surface area contributed by atoms with Crippen molar-refractivity contribution >= 4 is 27.3 Å². The van der Waals surface area contributed by atoms with Gasteiger partial charge in [0, 0.05) is 11.9 Å². The molecule has 8 heteroatoms. The van der Waals surface area contributed by atoms with E-state index in [1.165, 1.54) is 12.3 Å².